The van der Waals surface area contributed by atoms with Crippen molar-refractivity contribution in [3.05, 3.63) is 76.2 Å². The summed E-state index contributed by atoms with van der Waals surface area (Å²) in [5.41, 5.74) is 3.95. The summed E-state index contributed by atoms with van der Waals surface area (Å²) in [6.07, 6.45) is -0.780. The molecule has 0 fully saturated rings. The number of benzene rings is 2. The van der Waals surface area contributed by atoms with E-state index in [0.717, 1.165) is 22.5 Å². The lowest BCUT2D eigenvalue weighted by Crippen LogP contribution is -2.09. The number of rotatable bonds is 3. The van der Waals surface area contributed by atoms with E-state index in [4.69, 9.17) is 26.4 Å². The monoisotopic (exact) mass is 381 g/mol. The summed E-state index contributed by atoms with van der Waals surface area (Å²) < 4.78 is 6.85. The number of imidazole rings is 1. The Balaban J connectivity index is 1.98. The maximum atomic E-state index is 11.1. The molecule has 0 saturated carbocycles. The van der Waals surface area contributed by atoms with Gasteiger partial charge in [0.1, 0.15) is 11.5 Å². The van der Waals surface area contributed by atoms with Gasteiger partial charge < -0.3 is 9.84 Å². The fourth-order valence-corrected chi connectivity index (χ4v) is 3.52. The molecule has 0 spiro atoms. The number of carboxylic acid groups (broad SMARTS) is 1. The highest BCUT2D eigenvalue weighted by Crippen LogP contribution is 2.33. The van der Waals surface area contributed by atoms with Gasteiger partial charge in [0.2, 0.25) is 5.88 Å². The highest BCUT2D eigenvalue weighted by Gasteiger charge is 2.26. The van der Waals surface area contributed by atoms with Crippen LogP contribution in [0.1, 0.15) is 29.6 Å². The van der Waals surface area contributed by atoms with Crippen LogP contribution in [0.5, 0.6) is 5.88 Å². The maximum absolute atomic E-state index is 11.1. The lowest BCUT2D eigenvalue weighted by molar-refractivity contribution is 0.142. The topological polar surface area (TPSA) is 76.7 Å². The van der Waals surface area contributed by atoms with Crippen molar-refractivity contribution in [3.8, 4) is 11.6 Å². The number of nitrogens with zero attached hydrogens (tertiary/aromatic N) is 3. The van der Waals surface area contributed by atoms with Crippen molar-refractivity contribution in [2.24, 2.45) is 4.99 Å². The fraction of sp³-hybridized carbons (Fsp3) is 0.150. The van der Waals surface area contributed by atoms with Crippen LogP contribution in [-0.4, -0.2) is 26.5 Å². The number of hydrogen-bond acceptors (Lipinski definition) is 4. The summed E-state index contributed by atoms with van der Waals surface area (Å²) in [5.74, 6) is 0.780. The maximum Gasteiger partial charge on any atom is 0.512 e. The minimum Gasteiger partial charge on any atom is -0.449 e. The zero-order chi connectivity index (χ0) is 19.0. The highest BCUT2D eigenvalue weighted by atomic mass is 35.5. The van der Waals surface area contributed by atoms with Crippen LogP contribution in [0.25, 0.3) is 5.69 Å². The molecule has 0 amide bonds. The number of aromatic nitrogens is 2. The zero-order valence-electron chi connectivity index (χ0n) is 14.5. The Hall–Kier alpha value is -3.12. The van der Waals surface area contributed by atoms with E-state index in [1.165, 1.54) is 0 Å². The van der Waals surface area contributed by atoms with E-state index in [-0.39, 0.29) is 12.4 Å². The first-order valence-electron chi connectivity index (χ1n) is 8.50. The Labute approximate surface area is 160 Å². The third-order valence-corrected chi connectivity index (χ3v) is 4.75. The van der Waals surface area contributed by atoms with Crippen molar-refractivity contribution in [1.29, 1.82) is 0 Å². The summed E-state index contributed by atoms with van der Waals surface area (Å²) in [5, 5.41) is 9.66. The molecule has 7 heteroatoms. The van der Waals surface area contributed by atoms with Gasteiger partial charge in [0, 0.05) is 22.6 Å². The van der Waals surface area contributed by atoms with Crippen molar-refractivity contribution in [2.75, 3.05) is 0 Å². The lowest BCUT2D eigenvalue weighted by Gasteiger charge is -2.14. The normalized spacial score (nSPS) is 12.6. The molecule has 2 heterocycles. The molecule has 27 heavy (non-hydrogen) atoms. The van der Waals surface area contributed by atoms with Gasteiger partial charge in [-0.1, -0.05) is 54.9 Å². The minimum atomic E-state index is -1.40. The van der Waals surface area contributed by atoms with E-state index in [9.17, 15) is 4.79 Å². The number of halogens is 1. The van der Waals surface area contributed by atoms with Crippen molar-refractivity contribution >= 4 is 23.5 Å². The molecule has 0 atom stereocenters. The molecule has 0 radical (unpaired) electrons. The van der Waals surface area contributed by atoms with Crippen molar-refractivity contribution in [3.63, 3.8) is 0 Å². The molecule has 1 aliphatic rings. The van der Waals surface area contributed by atoms with Crippen LogP contribution < -0.4 is 4.74 Å². The molecule has 3 aromatic rings. The van der Waals surface area contributed by atoms with Crippen LogP contribution in [0.2, 0.25) is 5.02 Å². The second-order valence-corrected chi connectivity index (χ2v) is 6.41. The molecule has 136 valence electrons. The molecule has 1 aromatic heterocycles. The fourth-order valence-electron chi connectivity index (χ4n) is 3.30. The summed E-state index contributed by atoms with van der Waals surface area (Å²) in [7, 11) is 0. The van der Waals surface area contributed by atoms with Gasteiger partial charge in [0.15, 0.2) is 0 Å². The van der Waals surface area contributed by atoms with Gasteiger partial charge in [-0.2, -0.15) is 4.98 Å². The Morgan fingerprint density at radius 2 is 1.89 bits per heavy atom. The third kappa shape index (κ3) is 2.98. The molecule has 1 aliphatic heterocycles. The number of fused-ring (bicyclic) bond motifs is 3. The van der Waals surface area contributed by atoms with Gasteiger partial charge in [0.25, 0.3) is 0 Å². The smallest absolute Gasteiger partial charge is 0.449 e. The number of aliphatic imine (C=N–C) groups is 1. The highest BCUT2D eigenvalue weighted by molar-refractivity contribution is 6.35. The predicted octanol–water partition coefficient (Wildman–Crippen LogP) is 4.50. The predicted molar refractivity (Wildman–Crippen MR) is 102 cm³/mol. The standard InChI is InChI=1S/C20H16ClN3O3/c1-2-17-23-19(27-20(25)26)16-11-22-18(12-7-3-5-9-14(12)21)13-8-4-6-10-15(13)24(16)17/h3-10H,2,11H2,1H3,(H,25,26). The Kier molecular flexibility index (Phi) is 4.41. The average Bonchev–Trinajstić information content (AvgIpc) is 2.90. The molecular weight excluding hydrogens is 366 g/mol. The van der Waals surface area contributed by atoms with Crippen molar-refractivity contribution in [1.82, 2.24) is 9.55 Å². The quantitative estimate of drug-likeness (QED) is 0.678. The van der Waals surface area contributed by atoms with Crippen LogP contribution in [0.3, 0.4) is 0 Å². The average molecular weight is 382 g/mol. The van der Waals surface area contributed by atoms with Gasteiger partial charge in [-0.15, -0.1) is 0 Å². The van der Waals surface area contributed by atoms with E-state index in [1.54, 1.807) is 0 Å². The van der Waals surface area contributed by atoms with E-state index >= 15 is 0 Å². The van der Waals surface area contributed by atoms with E-state index < -0.39 is 6.16 Å². The SMILES string of the molecule is CCc1nc(OC(=O)O)c2n1-c1ccccc1C(c1ccccc1Cl)=NC2. The number of ether oxygens (including phenoxy) is 1. The molecule has 0 bridgehead atoms. The second kappa shape index (κ2) is 6.89. The molecular formula is C20H16ClN3O3. The first-order chi connectivity index (χ1) is 13.1. The van der Waals surface area contributed by atoms with Crippen LogP contribution in [0.15, 0.2) is 53.5 Å². The number of carbonyl (C=O) groups is 1. The first kappa shape index (κ1) is 17.3. The van der Waals surface area contributed by atoms with Crippen LogP contribution in [0, 0.1) is 0 Å². The number of para-hydroxylation sites is 1. The zero-order valence-corrected chi connectivity index (χ0v) is 15.3. The van der Waals surface area contributed by atoms with E-state index in [2.05, 4.69) is 4.98 Å². The first-order valence-corrected chi connectivity index (χ1v) is 8.88. The van der Waals surface area contributed by atoms with Gasteiger partial charge >= 0.3 is 6.16 Å². The summed E-state index contributed by atoms with van der Waals surface area (Å²) >= 11 is 6.42. The van der Waals surface area contributed by atoms with E-state index in [1.807, 2.05) is 60.0 Å². The van der Waals surface area contributed by atoms with Crippen molar-refractivity contribution < 1.29 is 14.6 Å². The lowest BCUT2D eigenvalue weighted by atomic mass is 10.0. The van der Waals surface area contributed by atoms with Gasteiger partial charge in [-0.3, -0.25) is 9.56 Å². The van der Waals surface area contributed by atoms with Crippen LogP contribution in [-0.2, 0) is 13.0 Å². The molecule has 6 nitrogen and oxygen atoms in total. The Morgan fingerprint density at radius 1 is 1.19 bits per heavy atom. The molecule has 1 N–H and O–H groups in total. The van der Waals surface area contributed by atoms with Crippen LogP contribution in [0.4, 0.5) is 4.79 Å². The second-order valence-electron chi connectivity index (χ2n) is 6.00. The number of aryl methyl sites for hydroxylation is 1. The summed E-state index contributed by atoms with van der Waals surface area (Å²) in [6.45, 7) is 2.19. The number of hydrogen-bond donors (Lipinski definition) is 1. The van der Waals surface area contributed by atoms with Crippen LogP contribution >= 0.6 is 11.6 Å². The molecule has 0 saturated heterocycles. The van der Waals surface area contributed by atoms with Gasteiger partial charge in [-0.05, 0) is 12.1 Å². The minimum absolute atomic E-state index is 0.0679. The Bertz CT molecular complexity index is 1070. The van der Waals surface area contributed by atoms with Gasteiger partial charge in [0.05, 0.1) is 17.9 Å². The van der Waals surface area contributed by atoms with Crippen molar-refractivity contribution in [2.45, 2.75) is 19.9 Å². The van der Waals surface area contributed by atoms with E-state index in [0.29, 0.717) is 23.0 Å². The van der Waals surface area contributed by atoms with Gasteiger partial charge in [-0.25, -0.2) is 4.79 Å². The molecule has 4 rings (SSSR count). The Morgan fingerprint density at radius 3 is 2.59 bits per heavy atom. The third-order valence-electron chi connectivity index (χ3n) is 4.42. The molecule has 2 aromatic carbocycles. The summed E-state index contributed by atoms with van der Waals surface area (Å²) in [4.78, 5) is 20.2. The molecule has 0 aliphatic carbocycles. The largest absolute Gasteiger partial charge is 0.512 e. The summed E-state index contributed by atoms with van der Waals surface area (Å²) in [6, 6.07) is 15.3. The molecule has 0 unspecified atom stereocenters.